The molecule has 1 aliphatic heterocycles. The van der Waals surface area contributed by atoms with Crippen LogP contribution in [-0.4, -0.2) is 38.4 Å². The Bertz CT molecular complexity index is 637. The third kappa shape index (κ3) is 3.08. The largest absolute Gasteiger partial charge is 0.334 e. The quantitative estimate of drug-likeness (QED) is 0.876. The molecule has 1 unspecified atom stereocenters. The van der Waals surface area contributed by atoms with Crippen molar-refractivity contribution in [2.24, 2.45) is 0 Å². The van der Waals surface area contributed by atoms with Crippen LogP contribution in [0.25, 0.3) is 0 Å². The van der Waals surface area contributed by atoms with Crippen molar-refractivity contribution in [3.8, 4) is 0 Å². The molecular formula is C15H17ClN4O. The van der Waals surface area contributed by atoms with Crippen molar-refractivity contribution in [1.82, 2.24) is 19.9 Å². The van der Waals surface area contributed by atoms with E-state index in [9.17, 15) is 4.79 Å². The maximum Gasteiger partial charge on any atom is 0.276 e. The van der Waals surface area contributed by atoms with Crippen LogP contribution in [0, 0.1) is 0 Å². The average Bonchev–Trinajstić information content (AvgIpc) is 3.10. The standard InChI is InChI=1S/C15H17ClN4O/c1-11-3-2-8-20(11)15(21)14-10-19(18-17-14)9-12-4-6-13(16)7-5-12/h4-7,10-11H,2-3,8-9H2,1H3. The zero-order valence-electron chi connectivity index (χ0n) is 11.9. The summed E-state index contributed by atoms with van der Waals surface area (Å²) >= 11 is 5.86. The molecule has 0 radical (unpaired) electrons. The van der Waals surface area contributed by atoms with Gasteiger partial charge in [-0.25, -0.2) is 4.68 Å². The molecule has 0 saturated carbocycles. The van der Waals surface area contributed by atoms with Crippen LogP contribution in [-0.2, 0) is 6.54 Å². The van der Waals surface area contributed by atoms with Gasteiger partial charge in [-0.05, 0) is 37.5 Å². The fourth-order valence-electron chi connectivity index (χ4n) is 2.63. The van der Waals surface area contributed by atoms with Gasteiger partial charge in [0.15, 0.2) is 5.69 Å². The Labute approximate surface area is 128 Å². The molecule has 1 saturated heterocycles. The van der Waals surface area contributed by atoms with Crippen LogP contribution in [0.5, 0.6) is 0 Å². The van der Waals surface area contributed by atoms with E-state index >= 15 is 0 Å². The summed E-state index contributed by atoms with van der Waals surface area (Å²) in [6, 6.07) is 7.85. The van der Waals surface area contributed by atoms with Gasteiger partial charge in [0, 0.05) is 17.6 Å². The molecule has 110 valence electrons. The maximum absolute atomic E-state index is 12.4. The lowest BCUT2D eigenvalue weighted by Gasteiger charge is -2.19. The SMILES string of the molecule is CC1CCCN1C(=O)c1cn(Cc2ccc(Cl)cc2)nn1. The molecule has 21 heavy (non-hydrogen) atoms. The number of nitrogens with zero attached hydrogens (tertiary/aromatic N) is 4. The van der Waals surface area contributed by atoms with E-state index in [4.69, 9.17) is 11.6 Å². The Kier molecular flexibility index (Phi) is 3.92. The fourth-order valence-corrected chi connectivity index (χ4v) is 2.76. The number of amides is 1. The van der Waals surface area contributed by atoms with E-state index in [1.54, 1.807) is 10.9 Å². The zero-order valence-corrected chi connectivity index (χ0v) is 12.6. The number of rotatable bonds is 3. The maximum atomic E-state index is 12.4. The monoisotopic (exact) mass is 304 g/mol. The molecule has 0 bridgehead atoms. The minimum absolute atomic E-state index is 0.0256. The number of aromatic nitrogens is 3. The zero-order chi connectivity index (χ0) is 14.8. The summed E-state index contributed by atoms with van der Waals surface area (Å²) in [5.41, 5.74) is 1.48. The first kappa shape index (κ1) is 14.1. The highest BCUT2D eigenvalue weighted by Crippen LogP contribution is 2.18. The number of hydrogen-bond donors (Lipinski definition) is 0. The van der Waals surface area contributed by atoms with Crippen LogP contribution < -0.4 is 0 Å². The van der Waals surface area contributed by atoms with Gasteiger partial charge in [-0.3, -0.25) is 4.79 Å². The molecule has 5 nitrogen and oxygen atoms in total. The topological polar surface area (TPSA) is 51.0 Å². The highest BCUT2D eigenvalue weighted by molar-refractivity contribution is 6.30. The van der Waals surface area contributed by atoms with E-state index in [0.29, 0.717) is 23.3 Å². The van der Waals surface area contributed by atoms with Gasteiger partial charge in [0.2, 0.25) is 0 Å². The van der Waals surface area contributed by atoms with Gasteiger partial charge in [-0.1, -0.05) is 28.9 Å². The second-order valence-corrected chi connectivity index (χ2v) is 5.85. The predicted molar refractivity (Wildman–Crippen MR) is 80.3 cm³/mol. The van der Waals surface area contributed by atoms with E-state index in [-0.39, 0.29) is 5.91 Å². The van der Waals surface area contributed by atoms with Gasteiger partial charge in [-0.2, -0.15) is 0 Å². The van der Waals surface area contributed by atoms with Crippen molar-refractivity contribution in [2.75, 3.05) is 6.54 Å². The lowest BCUT2D eigenvalue weighted by atomic mass is 10.2. The van der Waals surface area contributed by atoms with Crippen LogP contribution in [0.2, 0.25) is 5.02 Å². The molecule has 0 spiro atoms. The van der Waals surface area contributed by atoms with Crippen LogP contribution >= 0.6 is 11.6 Å². The van der Waals surface area contributed by atoms with E-state index < -0.39 is 0 Å². The molecule has 1 aliphatic rings. The highest BCUT2D eigenvalue weighted by Gasteiger charge is 2.27. The first-order valence-electron chi connectivity index (χ1n) is 7.09. The number of halogens is 1. The number of hydrogen-bond acceptors (Lipinski definition) is 3. The Morgan fingerprint density at radius 2 is 2.14 bits per heavy atom. The third-order valence-corrected chi connectivity index (χ3v) is 4.08. The van der Waals surface area contributed by atoms with Crippen LogP contribution in [0.15, 0.2) is 30.5 Å². The van der Waals surface area contributed by atoms with Crippen molar-refractivity contribution < 1.29 is 4.79 Å². The minimum atomic E-state index is -0.0256. The van der Waals surface area contributed by atoms with Crippen molar-refractivity contribution in [3.05, 3.63) is 46.7 Å². The van der Waals surface area contributed by atoms with Gasteiger partial charge >= 0.3 is 0 Å². The number of carbonyl (C=O) groups excluding carboxylic acids is 1. The molecule has 6 heteroatoms. The Balaban J connectivity index is 1.71. The third-order valence-electron chi connectivity index (χ3n) is 3.83. The molecule has 0 aliphatic carbocycles. The van der Waals surface area contributed by atoms with E-state index in [0.717, 1.165) is 24.9 Å². The summed E-state index contributed by atoms with van der Waals surface area (Å²) in [6.45, 7) is 3.46. The van der Waals surface area contributed by atoms with Gasteiger partial charge < -0.3 is 4.90 Å². The molecule has 1 fully saturated rings. The first-order chi connectivity index (χ1) is 10.1. The summed E-state index contributed by atoms with van der Waals surface area (Å²) in [6.07, 6.45) is 3.83. The molecule has 1 aromatic carbocycles. The number of likely N-dealkylation sites (tertiary alicyclic amines) is 1. The fraction of sp³-hybridized carbons (Fsp3) is 0.400. The lowest BCUT2D eigenvalue weighted by molar-refractivity contribution is 0.0741. The molecule has 1 atom stereocenters. The van der Waals surface area contributed by atoms with Crippen molar-refractivity contribution >= 4 is 17.5 Å². The van der Waals surface area contributed by atoms with Gasteiger partial charge in [-0.15, -0.1) is 5.10 Å². The van der Waals surface area contributed by atoms with Gasteiger partial charge in [0.05, 0.1) is 12.7 Å². The molecule has 2 heterocycles. The predicted octanol–water partition coefficient (Wildman–Crippen LogP) is 2.60. The summed E-state index contributed by atoms with van der Waals surface area (Å²) in [7, 11) is 0. The Hall–Kier alpha value is -1.88. The minimum Gasteiger partial charge on any atom is -0.334 e. The Morgan fingerprint density at radius 1 is 1.38 bits per heavy atom. The smallest absolute Gasteiger partial charge is 0.276 e. The van der Waals surface area contributed by atoms with Crippen LogP contribution in [0.1, 0.15) is 35.8 Å². The molecule has 0 N–H and O–H groups in total. The molecule has 1 aromatic heterocycles. The van der Waals surface area contributed by atoms with Gasteiger partial charge in [0.1, 0.15) is 0 Å². The summed E-state index contributed by atoms with van der Waals surface area (Å²) in [4.78, 5) is 14.2. The van der Waals surface area contributed by atoms with E-state index in [1.807, 2.05) is 29.2 Å². The second kappa shape index (κ2) is 5.85. The van der Waals surface area contributed by atoms with E-state index in [2.05, 4.69) is 17.2 Å². The first-order valence-corrected chi connectivity index (χ1v) is 7.47. The average molecular weight is 305 g/mol. The highest BCUT2D eigenvalue weighted by atomic mass is 35.5. The molecule has 2 aromatic rings. The summed E-state index contributed by atoms with van der Waals surface area (Å²) in [5, 5.41) is 8.75. The normalized spacial score (nSPS) is 18.2. The van der Waals surface area contributed by atoms with E-state index in [1.165, 1.54) is 0 Å². The van der Waals surface area contributed by atoms with Crippen LogP contribution in [0.4, 0.5) is 0 Å². The summed E-state index contributed by atoms with van der Waals surface area (Å²) < 4.78 is 1.68. The van der Waals surface area contributed by atoms with Crippen molar-refractivity contribution in [1.29, 1.82) is 0 Å². The van der Waals surface area contributed by atoms with Gasteiger partial charge in [0.25, 0.3) is 5.91 Å². The van der Waals surface area contributed by atoms with Crippen molar-refractivity contribution in [3.63, 3.8) is 0 Å². The van der Waals surface area contributed by atoms with Crippen molar-refractivity contribution in [2.45, 2.75) is 32.4 Å². The molecule has 1 amide bonds. The summed E-state index contributed by atoms with van der Waals surface area (Å²) in [5.74, 6) is -0.0256. The lowest BCUT2D eigenvalue weighted by Crippen LogP contribution is -2.33. The molecular weight excluding hydrogens is 288 g/mol. The Morgan fingerprint density at radius 3 is 2.81 bits per heavy atom. The van der Waals surface area contributed by atoms with Crippen LogP contribution in [0.3, 0.4) is 0 Å². The number of carbonyl (C=O) groups is 1. The second-order valence-electron chi connectivity index (χ2n) is 5.42. The number of benzene rings is 1. The molecule has 3 rings (SSSR count).